The van der Waals surface area contributed by atoms with Gasteiger partial charge in [0.1, 0.15) is 5.69 Å². The minimum Gasteiger partial charge on any atom is -0.461 e. The maximum absolute atomic E-state index is 13.3. The van der Waals surface area contributed by atoms with Crippen molar-refractivity contribution in [2.24, 2.45) is 7.05 Å². The molecule has 1 amide bonds. The highest BCUT2D eigenvalue weighted by Crippen LogP contribution is 2.33. The number of fused-ring (bicyclic) bond motifs is 1. The maximum Gasteiger partial charge on any atom is 0.355 e. The van der Waals surface area contributed by atoms with Gasteiger partial charge in [-0.2, -0.15) is 0 Å². The Morgan fingerprint density at radius 2 is 1.84 bits per heavy atom. The van der Waals surface area contributed by atoms with Gasteiger partial charge in [0.25, 0.3) is 5.91 Å². The first-order valence-electron chi connectivity index (χ1n) is 10.2. The van der Waals surface area contributed by atoms with Crippen molar-refractivity contribution in [1.29, 1.82) is 0 Å². The monoisotopic (exact) mass is 428 g/mol. The molecule has 0 radical (unpaired) electrons. The number of ketones is 1. The second kappa shape index (κ2) is 8.83. The molecule has 2 aromatic rings. The van der Waals surface area contributed by atoms with Gasteiger partial charge in [-0.3, -0.25) is 9.59 Å². The van der Waals surface area contributed by atoms with Crippen molar-refractivity contribution in [3.63, 3.8) is 0 Å². The molecule has 1 aliphatic heterocycles. The highest BCUT2D eigenvalue weighted by atomic mass is 16.7. The van der Waals surface area contributed by atoms with Gasteiger partial charge in [0.15, 0.2) is 17.3 Å². The van der Waals surface area contributed by atoms with Crippen LogP contribution >= 0.6 is 0 Å². The molecule has 8 nitrogen and oxygen atoms in total. The summed E-state index contributed by atoms with van der Waals surface area (Å²) in [5.74, 6) is 0.115. The van der Waals surface area contributed by atoms with E-state index in [4.69, 9.17) is 14.2 Å². The molecule has 2 heterocycles. The molecule has 1 aliphatic rings. The van der Waals surface area contributed by atoms with Crippen LogP contribution in [-0.2, 0) is 11.8 Å². The van der Waals surface area contributed by atoms with Gasteiger partial charge in [-0.25, -0.2) is 4.79 Å². The summed E-state index contributed by atoms with van der Waals surface area (Å²) in [6.07, 6.45) is 0. The lowest BCUT2D eigenvalue weighted by atomic mass is 10.0. The smallest absolute Gasteiger partial charge is 0.355 e. The second-order valence-corrected chi connectivity index (χ2v) is 7.73. The zero-order valence-corrected chi connectivity index (χ0v) is 18.8. The number of esters is 1. The molecule has 0 spiro atoms. The Balaban J connectivity index is 1.89. The van der Waals surface area contributed by atoms with Gasteiger partial charge < -0.3 is 23.7 Å². The first-order chi connectivity index (χ1) is 14.7. The van der Waals surface area contributed by atoms with E-state index in [0.717, 1.165) is 0 Å². The fourth-order valence-electron chi connectivity index (χ4n) is 3.80. The number of carbonyl (C=O) groups excluding carboxylic acids is 3. The molecule has 0 atom stereocenters. The average Bonchev–Trinajstić information content (AvgIpc) is 3.27. The first-order valence-corrected chi connectivity index (χ1v) is 10.2. The Bertz CT molecular complexity index is 1040. The standard InChI is InChI=1S/C23H28N2O6/c1-7-29-23(28)21-14(4)20(15(5)24(21)6)17(26)11-25(13(2)3)22(27)16-8-9-18-19(10-16)31-12-30-18/h8-10,13H,7,11-12H2,1-6H3. The van der Waals surface area contributed by atoms with Crippen LogP contribution in [0.1, 0.15) is 63.2 Å². The number of hydrogen-bond acceptors (Lipinski definition) is 6. The molecular formula is C23H28N2O6. The molecule has 1 aromatic carbocycles. The van der Waals surface area contributed by atoms with E-state index in [0.29, 0.717) is 39.6 Å². The summed E-state index contributed by atoms with van der Waals surface area (Å²) >= 11 is 0. The number of Topliss-reactive ketones (excluding diaryl/α,β-unsaturated/α-hetero) is 1. The summed E-state index contributed by atoms with van der Waals surface area (Å²) in [5, 5.41) is 0. The minimum atomic E-state index is -0.471. The van der Waals surface area contributed by atoms with E-state index in [1.54, 1.807) is 50.6 Å². The maximum atomic E-state index is 13.3. The number of carbonyl (C=O) groups is 3. The van der Waals surface area contributed by atoms with Crippen LogP contribution in [-0.4, -0.2) is 53.1 Å². The number of nitrogens with zero attached hydrogens (tertiary/aromatic N) is 2. The van der Waals surface area contributed by atoms with Crippen LogP contribution in [0, 0.1) is 13.8 Å². The normalized spacial score (nSPS) is 12.2. The minimum absolute atomic E-state index is 0.112. The number of hydrogen-bond donors (Lipinski definition) is 0. The van der Waals surface area contributed by atoms with Gasteiger partial charge in [-0.15, -0.1) is 0 Å². The van der Waals surface area contributed by atoms with Gasteiger partial charge in [0.2, 0.25) is 6.79 Å². The van der Waals surface area contributed by atoms with E-state index in [2.05, 4.69) is 0 Å². The molecule has 0 N–H and O–H groups in total. The lowest BCUT2D eigenvalue weighted by molar-refractivity contribution is 0.0513. The van der Waals surface area contributed by atoms with E-state index in [1.165, 1.54) is 4.90 Å². The highest BCUT2D eigenvalue weighted by Gasteiger charge is 2.29. The highest BCUT2D eigenvalue weighted by molar-refractivity contribution is 6.06. The van der Waals surface area contributed by atoms with Crippen LogP contribution in [0.25, 0.3) is 0 Å². The Morgan fingerprint density at radius 1 is 1.16 bits per heavy atom. The summed E-state index contributed by atoms with van der Waals surface area (Å²) in [4.78, 5) is 40.3. The van der Waals surface area contributed by atoms with Gasteiger partial charge in [-0.1, -0.05) is 0 Å². The molecule has 166 valence electrons. The molecular weight excluding hydrogens is 400 g/mol. The third-order valence-electron chi connectivity index (χ3n) is 5.50. The number of aromatic nitrogens is 1. The molecule has 3 rings (SSSR count). The van der Waals surface area contributed by atoms with Crippen LogP contribution in [0.4, 0.5) is 0 Å². The molecule has 0 aliphatic carbocycles. The van der Waals surface area contributed by atoms with Crippen molar-refractivity contribution in [2.75, 3.05) is 19.9 Å². The lowest BCUT2D eigenvalue weighted by Crippen LogP contribution is -2.41. The third kappa shape index (κ3) is 4.15. The fraction of sp³-hybridized carbons (Fsp3) is 0.435. The van der Waals surface area contributed by atoms with Gasteiger partial charge in [0, 0.05) is 29.9 Å². The van der Waals surface area contributed by atoms with Crippen molar-refractivity contribution in [1.82, 2.24) is 9.47 Å². The predicted molar refractivity (Wildman–Crippen MR) is 114 cm³/mol. The largest absolute Gasteiger partial charge is 0.461 e. The lowest BCUT2D eigenvalue weighted by Gasteiger charge is -2.26. The summed E-state index contributed by atoms with van der Waals surface area (Å²) in [6.45, 7) is 9.20. The van der Waals surface area contributed by atoms with E-state index in [9.17, 15) is 14.4 Å². The molecule has 0 saturated carbocycles. The van der Waals surface area contributed by atoms with Crippen molar-refractivity contribution < 1.29 is 28.6 Å². The SMILES string of the molecule is CCOC(=O)c1c(C)c(C(=O)CN(C(=O)c2ccc3c(c2)OCO3)C(C)C)c(C)n1C. The van der Waals surface area contributed by atoms with E-state index >= 15 is 0 Å². The second-order valence-electron chi connectivity index (χ2n) is 7.73. The molecule has 0 fully saturated rings. The van der Waals surface area contributed by atoms with E-state index in [1.807, 2.05) is 13.8 Å². The fourth-order valence-corrected chi connectivity index (χ4v) is 3.80. The molecule has 0 saturated heterocycles. The molecule has 31 heavy (non-hydrogen) atoms. The van der Waals surface area contributed by atoms with Crippen LogP contribution in [0.3, 0.4) is 0 Å². The van der Waals surface area contributed by atoms with Crippen molar-refractivity contribution >= 4 is 17.7 Å². The summed E-state index contributed by atoms with van der Waals surface area (Å²) < 4.78 is 17.5. The van der Waals surface area contributed by atoms with Crippen molar-refractivity contribution in [3.8, 4) is 11.5 Å². The number of benzene rings is 1. The Labute approximate surface area is 181 Å². The van der Waals surface area contributed by atoms with Crippen molar-refractivity contribution in [2.45, 2.75) is 40.7 Å². The summed E-state index contributed by atoms with van der Waals surface area (Å²) in [7, 11) is 1.73. The number of ether oxygens (including phenoxy) is 3. The Morgan fingerprint density at radius 3 is 2.48 bits per heavy atom. The van der Waals surface area contributed by atoms with E-state index < -0.39 is 5.97 Å². The molecule has 0 unspecified atom stereocenters. The predicted octanol–water partition coefficient (Wildman–Crippen LogP) is 3.28. The summed E-state index contributed by atoms with van der Waals surface area (Å²) in [6, 6.07) is 4.76. The van der Waals surface area contributed by atoms with Gasteiger partial charge in [0.05, 0.1) is 13.2 Å². The Kier molecular flexibility index (Phi) is 6.38. The van der Waals surface area contributed by atoms with Crippen LogP contribution in [0.15, 0.2) is 18.2 Å². The van der Waals surface area contributed by atoms with E-state index in [-0.39, 0.29) is 37.7 Å². The molecule has 0 bridgehead atoms. The van der Waals surface area contributed by atoms with Crippen LogP contribution in [0.2, 0.25) is 0 Å². The zero-order chi connectivity index (χ0) is 22.9. The van der Waals surface area contributed by atoms with Crippen molar-refractivity contribution in [3.05, 3.63) is 46.3 Å². The van der Waals surface area contributed by atoms with Crippen LogP contribution in [0.5, 0.6) is 11.5 Å². The third-order valence-corrected chi connectivity index (χ3v) is 5.50. The topological polar surface area (TPSA) is 87.1 Å². The van der Waals surface area contributed by atoms with Gasteiger partial charge in [-0.05, 0) is 58.4 Å². The molecule has 8 heteroatoms. The summed E-state index contributed by atoms with van der Waals surface area (Å²) in [5.41, 5.74) is 2.42. The average molecular weight is 428 g/mol. The number of amides is 1. The quantitative estimate of drug-likeness (QED) is 0.497. The molecule has 1 aromatic heterocycles. The Hall–Kier alpha value is -3.29. The van der Waals surface area contributed by atoms with Crippen LogP contribution < -0.4 is 9.47 Å². The first kappa shape index (κ1) is 22.4. The van der Waals surface area contributed by atoms with Gasteiger partial charge >= 0.3 is 5.97 Å². The zero-order valence-electron chi connectivity index (χ0n) is 18.8. The number of rotatable bonds is 7.